The molecule has 1 unspecified atom stereocenters. The van der Waals surface area contributed by atoms with Crippen LogP contribution in [0.25, 0.3) is 11.0 Å². The van der Waals surface area contributed by atoms with E-state index < -0.39 is 6.10 Å². The number of carbonyl (C=O) groups is 1. The highest BCUT2D eigenvalue weighted by atomic mass is 16.5. The number of aliphatic hydroxyl groups is 1. The predicted molar refractivity (Wildman–Crippen MR) is 144 cm³/mol. The van der Waals surface area contributed by atoms with Gasteiger partial charge in [-0.25, -0.2) is 9.59 Å². The Labute approximate surface area is 216 Å². The molecule has 1 aromatic heterocycles. The molecule has 1 saturated heterocycles. The van der Waals surface area contributed by atoms with Crippen molar-refractivity contribution in [1.82, 2.24) is 19.8 Å². The Balaban J connectivity index is 1.09. The Morgan fingerprint density at radius 1 is 1.03 bits per heavy atom. The Morgan fingerprint density at radius 2 is 1.76 bits per heavy atom. The van der Waals surface area contributed by atoms with Crippen molar-refractivity contribution in [2.75, 3.05) is 31.6 Å². The second-order valence-corrected chi connectivity index (χ2v) is 10.2. The number of aromatic nitrogens is 2. The van der Waals surface area contributed by atoms with Gasteiger partial charge in [0.05, 0.1) is 16.7 Å². The predicted octanol–water partition coefficient (Wildman–Crippen LogP) is 3.86. The molecule has 0 spiro atoms. The molecule has 2 aromatic carbocycles. The molecule has 9 nitrogen and oxygen atoms in total. The van der Waals surface area contributed by atoms with E-state index in [9.17, 15) is 14.7 Å². The van der Waals surface area contributed by atoms with Crippen LogP contribution in [0.1, 0.15) is 51.0 Å². The van der Waals surface area contributed by atoms with E-state index in [-0.39, 0.29) is 30.4 Å². The number of likely N-dealkylation sites (tertiary alicyclic amines) is 1. The van der Waals surface area contributed by atoms with E-state index in [1.54, 1.807) is 12.1 Å². The van der Waals surface area contributed by atoms with E-state index in [4.69, 9.17) is 4.74 Å². The van der Waals surface area contributed by atoms with Gasteiger partial charge in [0.15, 0.2) is 0 Å². The number of carbonyl (C=O) groups excluding carboxylic acids is 1. The number of hydrogen-bond acceptors (Lipinski definition) is 5. The van der Waals surface area contributed by atoms with E-state index in [2.05, 4.69) is 20.5 Å². The first-order chi connectivity index (χ1) is 18.1. The van der Waals surface area contributed by atoms with Crippen LogP contribution in [0.5, 0.6) is 5.75 Å². The molecule has 4 N–H and O–H groups in total. The number of piperidine rings is 1. The number of imidazole rings is 1. The third-order valence-corrected chi connectivity index (χ3v) is 7.52. The second-order valence-electron chi connectivity index (χ2n) is 10.2. The third-order valence-electron chi connectivity index (χ3n) is 7.52. The molecule has 2 heterocycles. The number of benzene rings is 2. The lowest BCUT2D eigenvalue weighted by molar-refractivity contribution is 0.0561. The lowest BCUT2D eigenvalue weighted by Gasteiger charge is -2.33. The van der Waals surface area contributed by atoms with Crippen molar-refractivity contribution in [3.05, 3.63) is 59.0 Å². The van der Waals surface area contributed by atoms with Crippen molar-refractivity contribution in [3.8, 4) is 5.75 Å². The lowest BCUT2D eigenvalue weighted by Crippen LogP contribution is -2.42. The highest BCUT2D eigenvalue weighted by Crippen LogP contribution is 2.26. The van der Waals surface area contributed by atoms with Crippen molar-refractivity contribution >= 4 is 22.8 Å². The molecule has 1 atom stereocenters. The van der Waals surface area contributed by atoms with Crippen LogP contribution in [0.15, 0.2) is 53.3 Å². The van der Waals surface area contributed by atoms with Crippen LogP contribution in [-0.2, 0) is 0 Å². The minimum Gasteiger partial charge on any atom is -0.489 e. The van der Waals surface area contributed by atoms with Gasteiger partial charge in [0.2, 0.25) is 0 Å². The van der Waals surface area contributed by atoms with Crippen LogP contribution in [0.2, 0.25) is 0 Å². The third kappa shape index (κ3) is 6.34. The number of hydrogen-bond donors (Lipinski definition) is 4. The zero-order valence-electron chi connectivity index (χ0n) is 21.2. The molecule has 37 heavy (non-hydrogen) atoms. The maximum atomic E-state index is 12.5. The lowest BCUT2D eigenvalue weighted by atomic mass is 9.96. The summed E-state index contributed by atoms with van der Waals surface area (Å²) in [5.74, 6) is 0.540. The molecule has 2 aliphatic rings. The number of amides is 2. The summed E-state index contributed by atoms with van der Waals surface area (Å²) in [4.78, 5) is 30.2. The minimum absolute atomic E-state index is 0.0622. The van der Waals surface area contributed by atoms with Gasteiger partial charge in [-0.05, 0) is 49.9 Å². The minimum atomic E-state index is -0.670. The first-order valence-corrected chi connectivity index (χ1v) is 13.5. The van der Waals surface area contributed by atoms with Gasteiger partial charge in [0.1, 0.15) is 18.5 Å². The maximum Gasteiger partial charge on any atom is 0.326 e. The van der Waals surface area contributed by atoms with Crippen molar-refractivity contribution < 1.29 is 14.6 Å². The molecule has 1 aliphatic carbocycles. The fourth-order valence-electron chi connectivity index (χ4n) is 5.62. The number of rotatable bonds is 8. The number of aromatic amines is 1. The Kier molecular flexibility index (Phi) is 8.11. The summed E-state index contributed by atoms with van der Waals surface area (Å²) < 4.78 is 7.78. The fourth-order valence-corrected chi connectivity index (χ4v) is 5.62. The van der Waals surface area contributed by atoms with Gasteiger partial charge in [0, 0.05) is 31.7 Å². The van der Waals surface area contributed by atoms with Gasteiger partial charge in [0.25, 0.3) is 0 Å². The molecule has 0 radical (unpaired) electrons. The summed E-state index contributed by atoms with van der Waals surface area (Å²) in [6, 6.07) is 15.2. The number of anilines is 1. The van der Waals surface area contributed by atoms with Crippen molar-refractivity contribution in [2.24, 2.45) is 0 Å². The molecule has 0 bridgehead atoms. The molecule has 1 saturated carbocycles. The quantitative estimate of drug-likeness (QED) is 0.370. The summed E-state index contributed by atoms with van der Waals surface area (Å²) in [7, 11) is 0. The maximum absolute atomic E-state index is 12.5. The van der Waals surface area contributed by atoms with E-state index in [0.717, 1.165) is 62.6 Å². The molecule has 2 fully saturated rings. The number of β-amino-alcohol motifs (C(OH)–C–C–N with tert-alkyl or cyclic N) is 1. The topological polar surface area (TPSA) is 112 Å². The molecule has 2 amide bonds. The zero-order valence-corrected chi connectivity index (χ0v) is 21.2. The molecular formula is C28H37N5O4. The van der Waals surface area contributed by atoms with Crippen LogP contribution < -0.4 is 21.1 Å². The monoisotopic (exact) mass is 507 g/mol. The van der Waals surface area contributed by atoms with Gasteiger partial charge < -0.3 is 30.4 Å². The van der Waals surface area contributed by atoms with Crippen molar-refractivity contribution in [3.63, 3.8) is 0 Å². The first kappa shape index (κ1) is 25.4. The molecule has 9 heteroatoms. The second kappa shape index (κ2) is 11.8. The number of urea groups is 1. The summed E-state index contributed by atoms with van der Waals surface area (Å²) in [5.41, 5.74) is 2.34. The van der Waals surface area contributed by atoms with E-state index in [1.807, 2.05) is 41.0 Å². The van der Waals surface area contributed by atoms with Crippen molar-refractivity contribution in [2.45, 2.75) is 63.1 Å². The molecular weight excluding hydrogens is 470 g/mol. The number of ether oxygens (including phenoxy) is 1. The average molecular weight is 508 g/mol. The van der Waals surface area contributed by atoms with Crippen LogP contribution in [-0.4, -0.2) is 64.0 Å². The number of para-hydroxylation sites is 4. The number of fused-ring (bicyclic) bond motifs is 1. The van der Waals surface area contributed by atoms with Gasteiger partial charge in [-0.15, -0.1) is 0 Å². The smallest absolute Gasteiger partial charge is 0.326 e. The van der Waals surface area contributed by atoms with E-state index in [1.165, 1.54) is 6.42 Å². The first-order valence-electron chi connectivity index (χ1n) is 13.5. The Bertz CT molecular complexity index is 1240. The van der Waals surface area contributed by atoms with Crippen LogP contribution in [0, 0.1) is 0 Å². The Hall–Kier alpha value is -3.30. The SMILES string of the molecule is O=C(Nc1ccccc1OCC(O)CN1CCC(n2c(=O)[nH]c3ccccc32)CC1)NC1CCCCC1. The normalized spacial score (nSPS) is 18.5. The highest BCUT2D eigenvalue weighted by molar-refractivity contribution is 5.91. The van der Waals surface area contributed by atoms with Gasteiger partial charge in [-0.3, -0.25) is 4.57 Å². The molecule has 5 rings (SSSR count). The molecule has 1 aliphatic heterocycles. The van der Waals surface area contributed by atoms with Crippen LogP contribution >= 0.6 is 0 Å². The molecule has 198 valence electrons. The zero-order chi connectivity index (χ0) is 25.6. The van der Waals surface area contributed by atoms with Crippen LogP contribution in [0.3, 0.4) is 0 Å². The summed E-state index contributed by atoms with van der Waals surface area (Å²) in [6.07, 6.45) is 6.61. The van der Waals surface area contributed by atoms with Crippen molar-refractivity contribution in [1.29, 1.82) is 0 Å². The molecule has 3 aromatic rings. The summed E-state index contributed by atoms with van der Waals surface area (Å²) >= 11 is 0. The number of H-pyrrole nitrogens is 1. The van der Waals surface area contributed by atoms with Crippen LogP contribution in [0.4, 0.5) is 10.5 Å². The standard InChI is InChI=1S/C28H37N5O4/c34-22(18-32-16-14-21(15-17-32)33-25-12-6-4-10-23(25)31-28(33)36)19-37-26-13-7-5-11-24(26)30-27(35)29-20-8-2-1-3-9-20/h4-7,10-13,20-22,34H,1-3,8-9,14-19H2,(H,31,36)(H2,29,30,35). The van der Waals surface area contributed by atoms with E-state index in [0.29, 0.717) is 18.0 Å². The highest BCUT2D eigenvalue weighted by Gasteiger charge is 2.25. The average Bonchev–Trinajstić information content (AvgIpc) is 3.25. The van der Waals surface area contributed by atoms with Gasteiger partial charge in [-0.1, -0.05) is 43.5 Å². The summed E-state index contributed by atoms with van der Waals surface area (Å²) in [6.45, 7) is 2.22. The number of nitrogens with one attached hydrogen (secondary N) is 3. The summed E-state index contributed by atoms with van der Waals surface area (Å²) in [5, 5.41) is 16.6. The van der Waals surface area contributed by atoms with Gasteiger partial charge >= 0.3 is 11.7 Å². The Morgan fingerprint density at radius 3 is 2.57 bits per heavy atom. The van der Waals surface area contributed by atoms with E-state index >= 15 is 0 Å². The number of nitrogens with zero attached hydrogens (tertiary/aromatic N) is 2. The number of aliphatic hydroxyl groups excluding tert-OH is 1. The van der Waals surface area contributed by atoms with Gasteiger partial charge in [-0.2, -0.15) is 0 Å². The largest absolute Gasteiger partial charge is 0.489 e. The fraction of sp³-hybridized carbons (Fsp3) is 0.500.